The summed E-state index contributed by atoms with van der Waals surface area (Å²) in [6.07, 6.45) is 0. The number of aryl methyl sites for hydroxylation is 1. The van der Waals surface area contributed by atoms with E-state index in [1.807, 2.05) is 19.2 Å². The van der Waals surface area contributed by atoms with Crippen molar-refractivity contribution >= 4 is 29.0 Å². The summed E-state index contributed by atoms with van der Waals surface area (Å²) in [5.41, 5.74) is 0.996. The molecule has 8 heteroatoms. The molecule has 0 radical (unpaired) electrons. The van der Waals surface area contributed by atoms with E-state index >= 15 is 0 Å². The number of anilines is 1. The first-order valence-electron chi connectivity index (χ1n) is 5.35. The lowest BCUT2D eigenvalue weighted by Gasteiger charge is -2.05. The van der Waals surface area contributed by atoms with Crippen LogP contribution in [-0.2, 0) is 0 Å². The number of thiazole rings is 1. The number of ether oxygens (including phenoxy) is 1. The fraction of sp³-hybridized carbons (Fsp3) is 0.400. The Bertz CT molecular complexity index is 531. The van der Waals surface area contributed by atoms with E-state index in [-0.39, 0.29) is 0 Å². The predicted molar refractivity (Wildman–Crippen MR) is 71.5 cm³/mol. The minimum absolute atomic E-state index is 0.303. The van der Waals surface area contributed by atoms with Crippen molar-refractivity contribution in [2.45, 2.75) is 23.3 Å². The van der Waals surface area contributed by atoms with Crippen LogP contribution in [0, 0.1) is 6.92 Å². The van der Waals surface area contributed by atoms with Crippen molar-refractivity contribution < 1.29 is 4.74 Å². The molecule has 2 heterocycles. The van der Waals surface area contributed by atoms with Crippen LogP contribution in [0.4, 0.5) is 5.95 Å². The summed E-state index contributed by atoms with van der Waals surface area (Å²) < 4.78 is 5.96. The van der Waals surface area contributed by atoms with Crippen molar-refractivity contribution in [2.75, 3.05) is 19.0 Å². The molecule has 96 valence electrons. The largest absolute Gasteiger partial charge is 0.467 e. The van der Waals surface area contributed by atoms with Crippen LogP contribution < -0.4 is 10.1 Å². The van der Waals surface area contributed by atoms with Crippen LogP contribution in [0.5, 0.6) is 6.01 Å². The number of aromatic nitrogens is 4. The number of nitrogens with zero attached hydrogens (tertiary/aromatic N) is 4. The third kappa shape index (κ3) is 3.30. The average molecular weight is 283 g/mol. The van der Waals surface area contributed by atoms with E-state index in [9.17, 15) is 0 Å². The van der Waals surface area contributed by atoms with Crippen LogP contribution in [-0.4, -0.2) is 33.6 Å². The Kier molecular flexibility index (Phi) is 4.32. The number of nitrogens with one attached hydrogen (secondary N) is 1. The highest BCUT2D eigenvalue weighted by molar-refractivity contribution is 8.00. The van der Waals surface area contributed by atoms with Crippen LogP contribution >= 0.6 is 23.1 Å². The van der Waals surface area contributed by atoms with E-state index in [0.29, 0.717) is 17.1 Å². The summed E-state index contributed by atoms with van der Waals surface area (Å²) in [6, 6.07) is 0.303. The molecule has 0 aliphatic rings. The maximum absolute atomic E-state index is 5.05. The summed E-state index contributed by atoms with van der Waals surface area (Å²) in [7, 11) is 1.53. The fourth-order valence-electron chi connectivity index (χ4n) is 1.17. The van der Waals surface area contributed by atoms with Gasteiger partial charge in [0.25, 0.3) is 0 Å². The molecule has 0 aromatic carbocycles. The Balaban J connectivity index is 2.23. The Morgan fingerprint density at radius 1 is 1.33 bits per heavy atom. The van der Waals surface area contributed by atoms with E-state index in [4.69, 9.17) is 4.74 Å². The van der Waals surface area contributed by atoms with Crippen molar-refractivity contribution in [1.29, 1.82) is 0 Å². The summed E-state index contributed by atoms with van der Waals surface area (Å²) >= 11 is 2.97. The van der Waals surface area contributed by atoms with Gasteiger partial charge in [0.2, 0.25) is 11.1 Å². The van der Waals surface area contributed by atoms with Gasteiger partial charge in [-0.15, -0.1) is 11.3 Å². The van der Waals surface area contributed by atoms with Gasteiger partial charge in [0.1, 0.15) is 0 Å². The summed E-state index contributed by atoms with van der Waals surface area (Å²) in [6.45, 7) is 4.68. The van der Waals surface area contributed by atoms with Crippen LogP contribution in [0.2, 0.25) is 0 Å². The van der Waals surface area contributed by atoms with E-state index in [1.165, 1.54) is 18.9 Å². The van der Waals surface area contributed by atoms with Crippen LogP contribution in [0.25, 0.3) is 0 Å². The zero-order chi connectivity index (χ0) is 13.0. The Morgan fingerprint density at radius 2 is 2.17 bits per heavy atom. The quantitative estimate of drug-likeness (QED) is 0.902. The molecule has 2 rings (SSSR count). The Morgan fingerprint density at radius 3 is 2.78 bits per heavy atom. The Labute approximate surface area is 113 Å². The van der Waals surface area contributed by atoms with Gasteiger partial charge in [-0.3, -0.25) is 0 Å². The molecule has 1 N–H and O–H groups in total. The van der Waals surface area contributed by atoms with Gasteiger partial charge in [-0.2, -0.15) is 15.0 Å². The van der Waals surface area contributed by atoms with Crippen molar-refractivity contribution in [3.05, 3.63) is 11.1 Å². The first-order valence-corrected chi connectivity index (χ1v) is 7.04. The van der Waals surface area contributed by atoms with Gasteiger partial charge in [0.05, 0.1) is 7.11 Å². The third-order valence-corrected chi connectivity index (χ3v) is 3.81. The topological polar surface area (TPSA) is 72.8 Å². The van der Waals surface area contributed by atoms with Crippen molar-refractivity contribution in [1.82, 2.24) is 19.9 Å². The highest BCUT2D eigenvalue weighted by Crippen LogP contribution is 2.28. The lowest BCUT2D eigenvalue weighted by Crippen LogP contribution is -2.05. The zero-order valence-corrected chi connectivity index (χ0v) is 11.9. The molecule has 0 aliphatic heterocycles. The van der Waals surface area contributed by atoms with Gasteiger partial charge >= 0.3 is 6.01 Å². The van der Waals surface area contributed by atoms with E-state index in [1.54, 1.807) is 11.3 Å². The zero-order valence-electron chi connectivity index (χ0n) is 10.3. The molecular formula is C10H13N5OS2. The number of rotatable bonds is 5. The highest BCUT2D eigenvalue weighted by Gasteiger charge is 2.09. The first-order chi connectivity index (χ1) is 8.71. The van der Waals surface area contributed by atoms with Crippen molar-refractivity contribution in [2.24, 2.45) is 0 Å². The van der Waals surface area contributed by atoms with E-state index in [2.05, 4.69) is 25.3 Å². The number of hydrogen-bond donors (Lipinski definition) is 1. The monoisotopic (exact) mass is 283 g/mol. The molecule has 0 saturated carbocycles. The molecule has 2 aromatic rings. The minimum Gasteiger partial charge on any atom is -0.467 e. The lowest BCUT2D eigenvalue weighted by molar-refractivity contribution is 0.373. The molecule has 6 nitrogen and oxygen atoms in total. The number of hydrogen-bond acceptors (Lipinski definition) is 8. The van der Waals surface area contributed by atoms with E-state index < -0.39 is 0 Å². The van der Waals surface area contributed by atoms with Gasteiger partial charge in [-0.25, -0.2) is 4.98 Å². The molecule has 0 unspecified atom stereocenters. The SMILES string of the molecule is CCNc1nc(OC)nc(Sc2nc(C)cs2)n1. The van der Waals surface area contributed by atoms with Gasteiger partial charge < -0.3 is 10.1 Å². The van der Waals surface area contributed by atoms with E-state index in [0.717, 1.165) is 16.6 Å². The second-order valence-electron chi connectivity index (χ2n) is 3.32. The normalized spacial score (nSPS) is 10.4. The standard InChI is InChI=1S/C10H13N5OS2/c1-4-11-7-13-8(16-3)15-9(14-7)18-10-12-6(2)5-17-10/h5H,4H2,1-3H3,(H,11,13,14,15). The van der Waals surface area contributed by atoms with Gasteiger partial charge in [0.15, 0.2) is 4.34 Å². The number of methoxy groups -OCH3 is 1. The van der Waals surface area contributed by atoms with Crippen molar-refractivity contribution in [3.63, 3.8) is 0 Å². The molecule has 18 heavy (non-hydrogen) atoms. The average Bonchev–Trinajstić information content (AvgIpc) is 2.75. The maximum Gasteiger partial charge on any atom is 0.321 e. The molecule has 0 amide bonds. The second kappa shape index (κ2) is 5.96. The van der Waals surface area contributed by atoms with Crippen LogP contribution in [0.3, 0.4) is 0 Å². The second-order valence-corrected chi connectivity index (χ2v) is 5.39. The lowest BCUT2D eigenvalue weighted by atomic mass is 10.6. The minimum atomic E-state index is 0.303. The predicted octanol–water partition coefficient (Wildman–Crippen LogP) is 2.23. The van der Waals surface area contributed by atoms with Gasteiger partial charge in [-0.1, -0.05) is 0 Å². The van der Waals surface area contributed by atoms with Crippen LogP contribution in [0.15, 0.2) is 14.9 Å². The van der Waals surface area contributed by atoms with Gasteiger partial charge in [-0.05, 0) is 25.6 Å². The summed E-state index contributed by atoms with van der Waals surface area (Å²) in [5.74, 6) is 0.514. The summed E-state index contributed by atoms with van der Waals surface area (Å²) in [5, 5.41) is 5.61. The first kappa shape index (κ1) is 13.0. The molecule has 2 aromatic heterocycles. The van der Waals surface area contributed by atoms with Crippen LogP contribution in [0.1, 0.15) is 12.6 Å². The highest BCUT2D eigenvalue weighted by atomic mass is 32.2. The molecule has 0 aliphatic carbocycles. The molecule has 0 fully saturated rings. The van der Waals surface area contributed by atoms with Crippen molar-refractivity contribution in [3.8, 4) is 6.01 Å². The molecular weight excluding hydrogens is 270 g/mol. The molecule has 0 atom stereocenters. The smallest absolute Gasteiger partial charge is 0.321 e. The fourth-order valence-corrected chi connectivity index (χ4v) is 2.85. The maximum atomic E-state index is 5.05. The molecule has 0 bridgehead atoms. The summed E-state index contributed by atoms with van der Waals surface area (Å²) in [4.78, 5) is 16.9. The van der Waals surface area contributed by atoms with Gasteiger partial charge in [0, 0.05) is 17.6 Å². The molecule has 0 spiro atoms. The molecule has 0 saturated heterocycles. The Hall–Kier alpha value is -1.41. The third-order valence-electron chi connectivity index (χ3n) is 1.89.